The number of para-hydroxylation sites is 5. The Hall–Kier alpha value is -6.94. The Kier molecular flexibility index (Phi) is 7.39. The highest BCUT2D eigenvalue weighted by Gasteiger charge is 2.24. The maximum Gasteiger partial charge on any atom is 0.0702 e. The zero-order valence-corrected chi connectivity index (χ0v) is 30.7. The van der Waals surface area contributed by atoms with Crippen LogP contribution in [0.5, 0.6) is 0 Å². The van der Waals surface area contributed by atoms with Gasteiger partial charge in [0.2, 0.25) is 0 Å². The second-order valence-electron chi connectivity index (χ2n) is 14.1. The van der Waals surface area contributed by atoms with Crippen molar-refractivity contribution in [1.82, 2.24) is 4.57 Å². The molecular formula is C52H34N2S. The molecule has 2 heterocycles. The molecule has 2 aromatic heterocycles. The Bertz CT molecular complexity index is 3180. The average Bonchev–Trinajstić information content (AvgIpc) is 3.80. The lowest BCUT2D eigenvalue weighted by Crippen LogP contribution is -2.14. The van der Waals surface area contributed by atoms with Gasteiger partial charge in [-0.3, -0.25) is 0 Å². The predicted octanol–water partition coefficient (Wildman–Crippen LogP) is 15.1. The van der Waals surface area contributed by atoms with Crippen LogP contribution in [0.25, 0.3) is 80.7 Å². The Morgan fingerprint density at radius 3 is 1.78 bits per heavy atom. The first-order valence-electron chi connectivity index (χ1n) is 18.8. The minimum atomic E-state index is 1.09. The van der Waals surface area contributed by atoms with Crippen LogP contribution in [0.2, 0.25) is 0 Å². The molecule has 0 unspecified atom stereocenters. The quantitative estimate of drug-likeness (QED) is 0.166. The van der Waals surface area contributed by atoms with E-state index in [1.807, 2.05) is 11.3 Å². The Morgan fingerprint density at radius 1 is 0.382 bits per heavy atom. The second kappa shape index (κ2) is 12.9. The van der Waals surface area contributed by atoms with E-state index in [4.69, 9.17) is 0 Å². The first kappa shape index (κ1) is 31.6. The Labute approximate surface area is 323 Å². The van der Waals surface area contributed by atoms with Crippen molar-refractivity contribution in [3.8, 4) is 27.9 Å². The molecule has 0 aliphatic heterocycles. The van der Waals surface area contributed by atoms with Crippen molar-refractivity contribution >= 4 is 81.1 Å². The molecule has 258 valence electrons. The molecule has 11 rings (SSSR count). The summed E-state index contributed by atoms with van der Waals surface area (Å²) in [6, 6.07) is 75.3. The summed E-state index contributed by atoms with van der Waals surface area (Å²) in [6.07, 6.45) is 0. The lowest BCUT2D eigenvalue weighted by molar-refractivity contribution is 1.15. The molecule has 0 saturated carbocycles. The van der Waals surface area contributed by atoms with Gasteiger partial charge in [-0.25, -0.2) is 0 Å². The van der Waals surface area contributed by atoms with E-state index in [1.165, 1.54) is 75.0 Å². The van der Waals surface area contributed by atoms with Gasteiger partial charge in [0, 0.05) is 42.2 Å². The highest BCUT2D eigenvalue weighted by Crippen LogP contribution is 2.48. The third kappa shape index (κ3) is 5.09. The molecule has 2 nitrogen and oxygen atoms in total. The lowest BCUT2D eigenvalue weighted by atomic mass is 9.96. The summed E-state index contributed by atoms with van der Waals surface area (Å²) < 4.78 is 5.04. The van der Waals surface area contributed by atoms with E-state index >= 15 is 0 Å². The zero-order valence-electron chi connectivity index (χ0n) is 29.9. The summed E-state index contributed by atoms with van der Waals surface area (Å²) in [7, 11) is 0. The van der Waals surface area contributed by atoms with Crippen molar-refractivity contribution in [2.45, 2.75) is 0 Å². The van der Waals surface area contributed by atoms with Gasteiger partial charge in [-0.2, -0.15) is 0 Å². The summed E-state index contributed by atoms with van der Waals surface area (Å²) in [5.41, 5.74) is 11.6. The van der Waals surface area contributed by atoms with Crippen molar-refractivity contribution in [2.75, 3.05) is 4.90 Å². The molecule has 0 aliphatic carbocycles. The molecule has 0 fully saturated rings. The third-order valence-electron chi connectivity index (χ3n) is 11.0. The number of hydrogen-bond acceptors (Lipinski definition) is 2. The molecule has 0 atom stereocenters. The zero-order chi connectivity index (χ0) is 36.3. The van der Waals surface area contributed by atoms with Crippen molar-refractivity contribution in [3.63, 3.8) is 0 Å². The van der Waals surface area contributed by atoms with Crippen LogP contribution in [-0.4, -0.2) is 4.57 Å². The van der Waals surface area contributed by atoms with Gasteiger partial charge >= 0.3 is 0 Å². The standard InChI is InChI=1S/C52H34N2S/c1-2-20-38-35(16-1)17-14-25-39(38)36-18-13-19-37(34-36)53(45-27-7-5-23-42(45)43-26-15-33-51-52(43)44-24-6-12-32-50(44)55-51)48-30-10-11-31-49(48)54-46-28-8-3-21-40(46)41-22-4-9-29-47(41)54/h1-34H. The molecule has 3 heteroatoms. The van der Waals surface area contributed by atoms with Crippen LogP contribution >= 0.6 is 11.3 Å². The van der Waals surface area contributed by atoms with E-state index in [9.17, 15) is 0 Å². The van der Waals surface area contributed by atoms with E-state index in [0.29, 0.717) is 0 Å². The number of rotatable bonds is 6. The highest BCUT2D eigenvalue weighted by molar-refractivity contribution is 7.25. The molecule has 0 aliphatic rings. The fourth-order valence-electron chi connectivity index (χ4n) is 8.62. The maximum atomic E-state index is 2.48. The van der Waals surface area contributed by atoms with Crippen LogP contribution < -0.4 is 4.90 Å². The monoisotopic (exact) mass is 718 g/mol. The van der Waals surface area contributed by atoms with E-state index in [-0.39, 0.29) is 0 Å². The molecule has 55 heavy (non-hydrogen) atoms. The van der Waals surface area contributed by atoms with E-state index in [0.717, 1.165) is 22.7 Å². The topological polar surface area (TPSA) is 8.17 Å². The van der Waals surface area contributed by atoms with Gasteiger partial charge in [0.1, 0.15) is 0 Å². The Balaban J connectivity index is 1.21. The van der Waals surface area contributed by atoms with Crippen LogP contribution in [0.1, 0.15) is 0 Å². The highest BCUT2D eigenvalue weighted by atomic mass is 32.1. The van der Waals surface area contributed by atoms with Crippen molar-refractivity contribution in [3.05, 3.63) is 206 Å². The summed E-state index contributed by atoms with van der Waals surface area (Å²) in [5, 5.41) is 7.57. The number of thiophene rings is 1. The van der Waals surface area contributed by atoms with Gasteiger partial charge < -0.3 is 9.47 Å². The molecule has 0 radical (unpaired) electrons. The fraction of sp³-hybridized carbons (Fsp3) is 0. The van der Waals surface area contributed by atoms with Crippen LogP contribution in [-0.2, 0) is 0 Å². The summed E-state index contributed by atoms with van der Waals surface area (Å²) in [6.45, 7) is 0. The molecule has 11 aromatic rings. The number of aromatic nitrogens is 1. The fourth-order valence-corrected chi connectivity index (χ4v) is 9.75. The van der Waals surface area contributed by atoms with Crippen LogP contribution in [0, 0.1) is 0 Å². The van der Waals surface area contributed by atoms with Gasteiger partial charge in [-0.1, -0.05) is 152 Å². The third-order valence-corrected chi connectivity index (χ3v) is 12.1. The number of nitrogens with zero attached hydrogens (tertiary/aromatic N) is 2. The van der Waals surface area contributed by atoms with Crippen LogP contribution in [0.4, 0.5) is 17.1 Å². The minimum Gasteiger partial charge on any atom is -0.308 e. The number of fused-ring (bicyclic) bond motifs is 7. The Morgan fingerprint density at radius 2 is 0.945 bits per heavy atom. The summed E-state index contributed by atoms with van der Waals surface area (Å²) in [4.78, 5) is 2.48. The van der Waals surface area contributed by atoms with Gasteiger partial charge in [0.15, 0.2) is 0 Å². The maximum absolute atomic E-state index is 2.48. The van der Waals surface area contributed by atoms with Crippen molar-refractivity contribution in [1.29, 1.82) is 0 Å². The molecule has 0 amide bonds. The van der Waals surface area contributed by atoms with E-state index in [2.05, 4.69) is 216 Å². The second-order valence-corrected chi connectivity index (χ2v) is 15.1. The number of hydrogen-bond donors (Lipinski definition) is 0. The lowest BCUT2D eigenvalue weighted by Gasteiger charge is -2.30. The minimum absolute atomic E-state index is 1.09. The molecular weight excluding hydrogens is 685 g/mol. The normalized spacial score (nSPS) is 11.6. The van der Waals surface area contributed by atoms with Crippen molar-refractivity contribution in [2.24, 2.45) is 0 Å². The first-order chi connectivity index (χ1) is 27.3. The van der Waals surface area contributed by atoms with Gasteiger partial charge in [0.25, 0.3) is 0 Å². The van der Waals surface area contributed by atoms with Crippen LogP contribution in [0.3, 0.4) is 0 Å². The first-order valence-corrected chi connectivity index (χ1v) is 19.6. The summed E-state index contributed by atoms with van der Waals surface area (Å²) in [5.74, 6) is 0. The molecule has 0 N–H and O–H groups in total. The van der Waals surface area contributed by atoms with Crippen molar-refractivity contribution < 1.29 is 0 Å². The predicted molar refractivity (Wildman–Crippen MR) is 237 cm³/mol. The smallest absolute Gasteiger partial charge is 0.0702 e. The van der Waals surface area contributed by atoms with E-state index < -0.39 is 0 Å². The van der Waals surface area contributed by atoms with Gasteiger partial charge in [-0.05, 0) is 82.1 Å². The largest absolute Gasteiger partial charge is 0.308 e. The van der Waals surface area contributed by atoms with Gasteiger partial charge in [-0.15, -0.1) is 11.3 Å². The van der Waals surface area contributed by atoms with E-state index in [1.54, 1.807) is 0 Å². The van der Waals surface area contributed by atoms with Gasteiger partial charge in [0.05, 0.1) is 28.1 Å². The molecule has 0 bridgehead atoms. The molecule has 9 aromatic carbocycles. The number of benzene rings is 9. The van der Waals surface area contributed by atoms with Crippen LogP contribution in [0.15, 0.2) is 206 Å². The average molecular weight is 719 g/mol. The molecule has 0 spiro atoms. The SMILES string of the molecule is c1cc(-c2cccc3ccccc23)cc(N(c2ccccc2-c2cccc3sc4ccccc4c23)c2ccccc2-n2c3ccccc3c3ccccc32)c1. The molecule has 0 saturated heterocycles. The summed E-state index contributed by atoms with van der Waals surface area (Å²) >= 11 is 1.86. The number of anilines is 3.